The fourth-order valence-electron chi connectivity index (χ4n) is 2.54. The van der Waals surface area contributed by atoms with Gasteiger partial charge in [-0.25, -0.2) is 0 Å². The van der Waals surface area contributed by atoms with E-state index >= 15 is 0 Å². The Balaban J connectivity index is 1.89. The Morgan fingerprint density at radius 3 is 2.41 bits per heavy atom. The van der Waals surface area contributed by atoms with Crippen molar-refractivity contribution in [2.75, 3.05) is 14.2 Å². The minimum absolute atomic E-state index is 0.160. The lowest BCUT2D eigenvalue weighted by Gasteiger charge is -2.24. The highest BCUT2D eigenvalue weighted by molar-refractivity contribution is 5.81. The van der Waals surface area contributed by atoms with Crippen molar-refractivity contribution < 1.29 is 22.7 Å². The van der Waals surface area contributed by atoms with E-state index < -0.39 is 17.8 Å². The molecule has 0 heterocycles. The summed E-state index contributed by atoms with van der Waals surface area (Å²) in [7, 11) is 3.34. The first-order valence-corrected chi connectivity index (χ1v) is 8.47. The van der Waals surface area contributed by atoms with E-state index in [0.29, 0.717) is 24.4 Å². The molecule has 0 aliphatic rings. The lowest BCUT2D eigenvalue weighted by Crippen LogP contribution is -2.42. The lowest BCUT2D eigenvalue weighted by atomic mass is 10.1. The summed E-state index contributed by atoms with van der Waals surface area (Å²) in [5.74, 6) is 0.557. The first kappa shape index (κ1) is 20.8. The number of hydrogen-bond donors (Lipinski definition) is 1. The second kappa shape index (κ2) is 8.90. The smallest absolute Gasteiger partial charge is 0.416 e. The monoisotopic (exact) mass is 380 g/mol. The summed E-state index contributed by atoms with van der Waals surface area (Å²) in [6.45, 7) is 2.49. The summed E-state index contributed by atoms with van der Waals surface area (Å²) in [6, 6.07) is 11.9. The van der Waals surface area contributed by atoms with Crippen molar-refractivity contribution in [3.63, 3.8) is 0 Å². The van der Waals surface area contributed by atoms with E-state index in [1.165, 1.54) is 12.1 Å². The van der Waals surface area contributed by atoms with Crippen molar-refractivity contribution in [1.82, 2.24) is 10.2 Å². The molecule has 0 fully saturated rings. The molecule has 2 aromatic rings. The van der Waals surface area contributed by atoms with Gasteiger partial charge in [-0.15, -0.1) is 0 Å². The molecular formula is C20H23F3N2O2. The van der Waals surface area contributed by atoms with Crippen LogP contribution in [0.4, 0.5) is 13.2 Å². The maximum Gasteiger partial charge on any atom is 0.416 e. The second-order valence-electron chi connectivity index (χ2n) is 6.36. The van der Waals surface area contributed by atoms with Gasteiger partial charge in [0.2, 0.25) is 5.91 Å². The molecule has 0 aliphatic heterocycles. The summed E-state index contributed by atoms with van der Waals surface area (Å²) in [6.07, 6.45) is -4.35. The van der Waals surface area contributed by atoms with Crippen LogP contribution in [-0.2, 0) is 24.1 Å². The van der Waals surface area contributed by atoms with E-state index in [2.05, 4.69) is 5.32 Å². The molecule has 0 spiro atoms. The average Bonchev–Trinajstić information content (AvgIpc) is 2.65. The SMILES string of the molecule is COc1cccc(CNC(=O)C(C)N(C)Cc2ccc(C(F)(F)F)cc2)c1. The van der Waals surface area contributed by atoms with Gasteiger partial charge in [-0.3, -0.25) is 9.69 Å². The predicted molar refractivity (Wildman–Crippen MR) is 97.2 cm³/mol. The number of amides is 1. The van der Waals surface area contributed by atoms with Crippen molar-refractivity contribution in [3.05, 3.63) is 65.2 Å². The Labute approximate surface area is 156 Å². The zero-order valence-electron chi connectivity index (χ0n) is 15.5. The average molecular weight is 380 g/mol. The Morgan fingerprint density at radius 1 is 1.15 bits per heavy atom. The first-order chi connectivity index (χ1) is 12.7. The molecule has 0 bridgehead atoms. The van der Waals surface area contributed by atoms with Crippen LogP contribution in [0.5, 0.6) is 5.75 Å². The number of benzene rings is 2. The standard InChI is InChI=1S/C20H23F3N2O2/c1-14(19(26)24-12-16-5-4-6-18(11-16)27-3)25(2)13-15-7-9-17(10-8-15)20(21,22)23/h4-11,14H,12-13H2,1-3H3,(H,24,26). The number of likely N-dealkylation sites (N-methyl/N-ethyl adjacent to an activating group) is 1. The summed E-state index contributed by atoms with van der Waals surface area (Å²) >= 11 is 0. The van der Waals surface area contributed by atoms with E-state index in [1.54, 1.807) is 26.0 Å². The third-order valence-electron chi connectivity index (χ3n) is 4.35. The van der Waals surface area contributed by atoms with Crippen LogP contribution in [0.3, 0.4) is 0 Å². The van der Waals surface area contributed by atoms with Crippen LogP contribution < -0.4 is 10.1 Å². The van der Waals surface area contributed by atoms with Crippen LogP contribution in [0.2, 0.25) is 0 Å². The summed E-state index contributed by atoms with van der Waals surface area (Å²) < 4.78 is 43.0. The molecule has 146 valence electrons. The lowest BCUT2D eigenvalue weighted by molar-refractivity contribution is -0.137. The molecule has 0 radical (unpaired) electrons. The topological polar surface area (TPSA) is 41.6 Å². The molecule has 0 aromatic heterocycles. The van der Waals surface area contributed by atoms with Gasteiger partial charge in [0.1, 0.15) is 5.75 Å². The minimum atomic E-state index is -4.35. The van der Waals surface area contributed by atoms with Gasteiger partial charge in [0.15, 0.2) is 0 Å². The number of carbonyl (C=O) groups is 1. The van der Waals surface area contributed by atoms with Gasteiger partial charge in [0, 0.05) is 13.1 Å². The number of methoxy groups -OCH3 is 1. The maximum atomic E-state index is 12.6. The van der Waals surface area contributed by atoms with Crippen molar-refractivity contribution in [2.45, 2.75) is 32.2 Å². The molecule has 0 aliphatic carbocycles. The van der Waals surface area contributed by atoms with Crippen LogP contribution in [0.1, 0.15) is 23.6 Å². The van der Waals surface area contributed by atoms with Crippen LogP contribution in [-0.4, -0.2) is 31.0 Å². The fourth-order valence-corrected chi connectivity index (χ4v) is 2.54. The largest absolute Gasteiger partial charge is 0.497 e. The Hall–Kier alpha value is -2.54. The van der Waals surface area contributed by atoms with E-state index in [9.17, 15) is 18.0 Å². The van der Waals surface area contributed by atoms with Crippen molar-refractivity contribution in [1.29, 1.82) is 0 Å². The van der Waals surface area contributed by atoms with E-state index in [4.69, 9.17) is 4.74 Å². The summed E-state index contributed by atoms with van der Waals surface area (Å²) in [5.41, 5.74) is 0.941. The highest BCUT2D eigenvalue weighted by atomic mass is 19.4. The van der Waals surface area contributed by atoms with Crippen molar-refractivity contribution >= 4 is 5.91 Å². The molecule has 0 saturated carbocycles. The number of carbonyl (C=O) groups excluding carboxylic acids is 1. The molecule has 1 unspecified atom stereocenters. The molecule has 27 heavy (non-hydrogen) atoms. The van der Waals surface area contributed by atoms with E-state index in [0.717, 1.165) is 17.7 Å². The number of alkyl halides is 3. The number of hydrogen-bond acceptors (Lipinski definition) is 3. The molecular weight excluding hydrogens is 357 g/mol. The molecule has 2 rings (SSSR count). The number of ether oxygens (including phenoxy) is 1. The molecule has 1 atom stereocenters. The molecule has 2 aromatic carbocycles. The highest BCUT2D eigenvalue weighted by Gasteiger charge is 2.30. The van der Waals surface area contributed by atoms with Crippen LogP contribution in [0.15, 0.2) is 48.5 Å². The van der Waals surface area contributed by atoms with Gasteiger partial charge in [-0.05, 0) is 49.4 Å². The van der Waals surface area contributed by atoms with Crippen molar-refractivity contribution in [2.24, 2.45) is 0 Å². The van der Waals surface area contributed by atoms with Crippen molar-refractivity contribution in [3.8, 4) is 5.75 Å². The zero-order valence-corrected chi connectivity index (χ0v) is 15.5. The zero-order chi connectivity index (χ0) is 20.0. The van der Waals surface area contributed by atoms with Gasteiger partial charge in [0.25, 0.3) is 0 Å². The van der Waals surface area contributed by atoms with Crippen LogP contribution >= 0.6 is 0 Å². The fraction of sp³-hybridized carbons (Fsp3) is 0.350. The van der Waals surface area contributed by atoms with Gasteiger partial charge in [0.05, 0.1) is 18.7 Å². The van der Waals surface area contributed by atoms with Crippen LogP contribution in [0.25, 0.3) is 0 Å². The minimum Gasteiger partial charge on any atom is -0.497 e. The number of nitrogens with one attached hydrogen (secondary N) is 1. The number of nitrogens with zero attached hydrogens (tertiary/aromatic N) is 1. The number of halogens is 3. The Bertz CT molecular complexity index is 761. The predicted octanol–water partition coefficient (Wildman–Crippen LogP) is 3.85. The third kappa shape index (κ3) is 5.99. The molecule has 0 saturated heterocycles. The van der Waals surface area contributed by atoms with Gasteiger partial charge in [-0.2, -0.15) is 13.2 Å². The second-order valence-corrected chi connectivity index (χ2v) is 6.36. The molecule has 1 amide bonds. The van der Waals surface area contributed by atoms with Gasteiger partial charge < -0.3 is 10.1 Å². The first-order valence-electron chi connectivity index (χ1n) is 8.47. The van der Waals surface area contributed by atoms with Gasteiger partial charge >= 0.3 is 6.18 Å². The maximum absolute atomic E-state index is 12.6. The third-order valence-corrected chi connectivity index (χ3v) is 4.35. The van der Waals surface area contributed by atoms with Crippen LogP contribution in [0, 0.1) is 0 Å². The normalized spacial score (nSPS) is 12.7. The summed E-state index contributed by atoms with van der Waals surface area (Å²) in [4.78, 5) is 14.1. The Morgan fingerprint density at radius 2 is 1.81 bits per heavy atom. The van der Waals surface area contributed by atoms with E-state index in [-0.39, 0.29) is 5.91 Å². The summed E-state index contributed by atoms with van der Waals surface area (Å²) in [5, 5.41) is 2.86. The molecule has 4 nitrogen and oxygen atoms in total. The Kier molecular flexibility index (Phi) is 6.85. The quantitative estimate of drug-likeness (QED) is 0.793. The number of rotatable bonds is 7. The van der Waals surface area contributed by atoms with E-state index in [1.807, 2.05) is 24.3 Å². The van der Waals surface area contributed by atoms with Gasteiger partial charge in [-0.1, -0.05) is 24.3 Å². The highest BCUT2D eigenvalue weighted by Crippen LogP contribution is 2.29. The molecule has 7 heteroatoms. The molecule has 1 N–H and O–H groups in total.